The minimum atomic E-state index is -0.0898. The second-order valence-electron chi connectivity index (χ2n) is 6.01. The van der Waals surface area contributed by atoms with Gasteiger partial charge in [-0.05, 0) is 30.5 Å². The first-order chi connectivity index (χ1) is 11.3. The molecule has 0 N–H and O–H groups in total. The average molecular weight is 310 g/mol. The zero-order valence-electron chi connectivity index (χ0n) is 13.2. The first-order valence-electron chi connectivity index (χ1n) is 8.21. The lowest BCUT2D eigenvalue weighted by atomic mass is 9.97. The van der Waals surface area contributed by atoms with Gasteiger partial charge in [0, 0.05) is 5.92 Å². The number of hydrogen-bond acceptors (Lipinski definition) is 3. The standard InChI is InChI=1S/C20H22O3/c21-20(23-14-16-8-3-1-4-9-16)19-13-7-10-17(19)15-22-18-11-5-2-6-12-18/h1-6,8-9,11-12,17,19H,7,10,13-15H2/t17-,19?/m1/s1. The topological polar surface area (TPSA) is 35.5 Å². The SMILES string of the molecule is O=C(OCc1ccccc1)C1CCC[C@@H]1COc1ccccc1. The fourth-order valence-corrected chi connectivity index (χ4v) is 3.10. The number of rotatable bonds is 6. The quantitative estimate of drug-likeness (QED) is 0.749. The van der Waals surface area contributed by atoms with Gasteiger partial charge in [0.2, 0.25) is 0 Å². The van der Waals surface area contributed by atoms with E-state index < -0.39 is 0 Å². The monoisotopic (exact) mass is 310 g/mol. The zero-order valence-corrected chi connectivity index (χ0v) is 13.2. The minimum absolute atomic E-state index is 0.0394. The Hall–Kier alpha value is -2.29. The molecule has 0 amide bonds. The molecule has 0 bridgehead atoms. The summed E-state index contributed by atoms with van der Waals surface area (Å²) in [5, 5.41) is 0. The Morgan fingerprint density at radius 1 is 0.957 bits per heavy atom. The summed E-state index contributed by atoms with van der Waals surface area (Å²) >= 11 is 0. The van der Waals surface area contributed by atoms with Crippen molar-refractivity contribution in [3.05, 3.63) is 66.2 Å². The van der Waals surface area contributed by atoms with Gasteiger partial charge >= 0.3 is 5.97 Å². The fraction of sp³-hybridized carbons (Fsp3) is 0.350. The van der Waals surface area contributed by atoms with Crippen LogP contribution in [-0.4, -0.2) is 12.6 Å². The van der Waals surface area contributed by atoms with Gasteiger partial charge in [-0.1, -0.05) is 55.0 Å². The first-order valence-corrected chi connectivity index (χ1v) is 8.21. The van der Waals surface area contributed by atoms with Crippen molar-refractivity contribution >= 4 is 5.97 Å². The molecule has 3 rings (SSSR count). The van der Waals surface area contributed by atoms with E-state index >= 15 is 0 Å². The van der Waals surface area contributed by atoms with E-state index in [1.54, 1.807) is 0 Å². The Labute approximate surface area is 137 Å². The van der Waals surface area contributed by atoms with Gasteiger partial charge in [-0.15, -0.1) is 0 Å². The molecular weight excluding hydrogens is 288 g/mol. The highest BCUT2D eigenvalue weighted by atomic mass is 16.5. The molecule has 2 aromatic carbocycles. The second-order valence-corrected chi connectivity index (χ2v) is 6.01. The van der Waals surface area contributed by atoms with E-state index in [-0.39, 0.29) is 17.8 Å². The van der Waals surface area contributed by atoms with Crippen LogP contribution in [0.1, 0.15) is 24.8 Å². The predicted molar refractivity (Wildman–Crippen MR) is 89.0 cm³/mol. The third-order valence-electron chi connectivity index (χ3n) is 4.39. The van der Waals surface area contributed by atoms with Crippen molar-refractivity contribution < 1.29 is 14.3 Å². The number of benzene rings is 2. The number of hydrogen-bond donors (Lipinski definition) is 0. The molecule has 0 radical (unpaired) electrons. The van der Waals surface area contributed by atoms with Crippen LogP contribution >= 0.6 is 0 Å². The van der Waals surface area contributed by atoms with E-state index in [0.717, 1.165) is 30.6 Å². The molecule has 1 aliphatic rings. The minimum Gasteiger partial charge on any atom is -0.493 e. The highest BCUT2D eigenvalue weighted by Gasteiger charge is 2.34. The smallest absolute Gasteiger partial charge is 0.309 e. The van der Waals surface area contributed by atoms with Crippen LogP contribution in [0.25, 0.3) is 0 Å². The molecular formula is C20H22O3. The average Bonchev–Trinajstić information content (AvgIpc) is 3.08. The van der Waals surface area contributed by atoms with E-state index in [9.17, 15) is 4.79 Å². The van der Waals surface area contributed by atoms with Crippen molar-refractivity contribution in [3.63, 3.8) is 0 Å². The van der Waals surface area contributed by atoms with Crippen LogP contribution in [0.4, 0.5) is 0 Å². The summed E-state index contributed by atoms with van der Waals surface area (Å²) in [6.07, 6.45) is 2.99. The van der Waals surface area contributed by atoms with Gasteiger partial charge in [-0.3, -0.25) is 4.79 Å². The maximum atomic E-state index is 12.4. The van der Waals surface area contributed by atoms with Crippen LogP contribution in [-0.2, 0) is 16.1 Å². The Bertz CT molecular complexity index is 609. The van der Waals surface area contributed by atoms with E-state index in [1.165, 1.54) is 0 Å². The van der Waals surface area contributed by atoms with Gasteiger partial charge in [0.25, 0.3) is 0 Å². The van der Waals surface area contributed by atoms with E-state index in [4.69, 9.17) is 9.47 Å². The third kappa shape index (κ3) is 4.35. The molecule has 2 atom stereocenters. The van der Waals surface area contributed by atoms with Crippen molar-refractivity contribution in [2.75, 3.05) is 6.61 Å². The molecule has 0 spiro atoms. The lowest BCUT2D eigenvalue weighted by Gasteiger charge is -2.19. The summed E-state index contributed by atoms with van der Waals surface area (Å²) in [4.78, 5) is 12.4. The maximum absolute atomic E-state index is 12.4. The Balaban J connectivity index is 1.50. The van der Waals surface area contributed by atoms with Crippen molar-refractivity contribution in [1.29, 1.82) is 0 Å². The highest BCUT2D eigenvalue weighted by Crippen LogP contribution is 2.33. The van der Waals surface area contributed by atoms with Crippen molar-refractivity contribution in [1.82, 2.24) is 0 Å². The van der Waals surface area contributed by atoms with Gasteiger partial charge in [-0.2, -0.15) is 0 Å². The van der Waals surface area contributed by atoms with E-state index in [0.29, 0.717) is 13.2 Å². The van der Waals surface area contributed by atoms with Crippen molar-refractivity contribution in [3.8, 4) is 5.75 Å². The highest BCUT2D eigenvalue weighted by molar-refractivity contribution is 5.73. The van der Waals surface area contributed by atoms with Gasteiger partial charge < -0.3 is 9.47 Å². The molecule has 120 valence electrons. The molecule has 3 nitrogen and oxygen atoms in total. The van der Waals surface area contributed by atoms with Gasteiger partial charge in [0.1, 0.15) is 12.4 Å². The second kappa shape index (κ2) is 7.82. The summed E-state index contributed by atoms with van der Waals surface area (Å²) in [6.45, 7) is 0.928. The zero-order chi connectivity index (χ0) is 15.9. The molecule has 1 saturated carbocycles. The van der Waals surface area contributed by atoms with E-state index in [2.05, 4.69) is 0 Å². The summed E-state index contributed by atoms with van der Waals surface area (Å²) < 4.78 is 11.3. The largest absolute Gasteiger partial charge is 0.493 e. The Morgan fingerprint density at radius 3 is 2.39 bits per heavy atom. The fourth-order valence-electron chi connectivity index (χ4n) is 3.10. The molecule has 1 aliphatic carbocycles. The predicted octanol–water partition coefficient (Wildman–Crippen LogP) is 4.23. The maximum Gasteiger partial charge on any atom is 0.309 e. The third-order valence-corrected chi connectivity index (χ3v) is 4.39. The number of ether oxygens (including phenoxy) is 2. The number of carbonyl (C=O) groups excluding carboxylic acids is 1. The van der Waals surface area contributed by atoms with Crippen LogP contribution in [0.3, 0.4) is 0 Å². The molecule has 0 aromatic heterocycles. The van der Waals surface area contributed by atoms with Crippen LogP contribution in [0.5, 0.6) is 5.75 Å². The van der Waals surface area contributed by atoms with Crippen LogP contribution < -0.4 is 4.74 Å². The lowest BCUT2D eigenvalue weighted by molar-refractivity contribution is -0.151. The first kappa shape index (κ1) is 15.6. The lowest BCUT2D eigenvalue weighted by Crippen LogP contribution is -2.25. The Morgan fingerprint density at radius 2 is 1.65 bits per heavy atom. The normalized spacial score (nSPS) is 20.2. The molecule has 1 unspecified atom stereocenters. The summed E-state index contributed by atoms with van der Waals surface area (Å²) in [7, 11) is 0. The van der Waals surface area contributed by atoms with Crippen LogP contribution in [0.2, 0.25) is 0 Å². The van der Waals surface area contributed by atoms with Gasteiger partial charge in [0.05, 0.1) is 12.5 Å². The van der Waals surface area contributed by atoms with Crippen LogP contribution in [0.15, 0.2) is 60.7 Å². The summed E-state index contributed by atoms with van der Waals surface area (Å²) in [6, 6.07) is 19.6. The van der Waals surface area contributed by atoms with Crippen LogP contribution in [0, 0.1) is 11.8 Å². The van der Waals surface area contributed by atoms with Crippen molar-refractivity contribution in [2.45, 2.75) is 25.9 Å². The molecule has 0 saturated heterocycles. The number of para-hydroxylation sites is 1. The van der Waals surface area contributed by atoms with E-state index in [1.807, 2.05) is 60.7 Å². The molecule has 1 fully saturated rings. The molecule has 3 heteroatoms. The number of esters is 1. The Kier molecular flexibility index (Phi) is 5.30. The molecule has 23 heavy (non-hydrogen) atoms. The van der Waals surface area contributed by atoms with Gasteiger partial charge in [-0.25, -0.2) is 0 Å². The van der Waals surface area contributed by atoms with Crippen molar-refractivity contribution in [2.24, 2.45) is 11.8 Å². The summed E-state index contributed by atoms with van der Waals surface area (Å²) in [5.41, 5.74) is 1.02. The molecule has 0 heterocycles. The molecule has 0 aliphatic heterocycles. The summed E-state index contributed by atoms with van der Waals surface area (Å²) in [5.74, 6) is 0.977. The number of carbonyl (C=O) groups is 1. The van der Waals surface area contributed by atoms with Gasteiger partial charge in [0.15, 0.2) is 0 Å². The molecule has 2 aromatic rings.